The molecule has 6 aliphatic rings. The third kappa shape index (κ3) is 6.57. The Morgan fingerprint density at radius 1 is 1.05 bits per heavy atom. The maximum absolute atomic E-state index is 14.9. The molecule has 15 unspecified atom stereocenters. The summed E-state index contributed by atoms with van der Waals surface area (Å²) in [6, 6.07) is -1.02. The monoisotopic (exact) mass is 766 g/mol. The molecule has 3 fully saturated rings. The lowest BCUT2D eigenvalue weighted by molar-refractivity contribution is -0.584. The first-order valence-electron chi connectivity index (χ1n) is 19.6. The molecule has 0 aromatic rings. The predicted molar refractivity (Wildman–Crippen MR) is 202 cm³/mol. The zero-order valence-electron chi connectivity index (χ0n) is 33.7. The summed E-state index contributed by atoms with van der Waals surface area (Å²) in [5, 5.41) is 39.3. The molecule has 13 nitrogen and oxygen atoms in total. The molecule has 1 saturated carbocycles. The quantitative estimate of drug-likeness (QED) is 0.0959. The summed E-state index contributed by atoms with van der Waals surface area (Å²) in [5.41, 5.74) is -2.78. The number of alkyl carbamates (subject to hydrolysis) is 1. The van der Waals surface area contributed by atoms with E-state index < -0.39 is 81.8 Å². The van der Waals surface area contributed by atoms with Gasteiger partial charge in [-0.1, -0.05) is 69.2 Å². The van der Waals surface area contributed by atoms with E-state index in [2.05, 4.69) is 38.2 Å². The number of rotatable bonds is 4. The van der Waals surface area contributed by atoms with Gasteiger partial charge in [-0.2, -0.15) is 0 Å². The summed E-state index contributed by atoms with van der Waals surface area (Å²) in [7, 11) is 1.18. The predicted octanol–water partition coefficient (Wildman–Crippen LogP) is 6.30. The van der Waals surface area contributed by atoms with Crippen LogP contribution < -0.4 is 5.32 Å². The number of allylic oxidation sites excluding steroid dienone is 4. The van der Waals surface area contributed by atoms with Crippen molar-refractivity contribution in [3.8, 4) is 0 Å². The van der Waals surface area contributed by atoms with Crippen molar-refractivity contribution < 1.29 is 48.5 Å². The van der Waals surface area contributed by atoms with Crippen LogP contribution in [0.2, 0.25) is 0 Å². The molecule has 15 atom stereocenters. The first kappa shape index (κ1) is 40.8. The molecule has 0 radical (unpaired) electrons. The second kappa shape index (κ2) is 14.6. The van der Waals surface area contributed by atoms with Gasteiger partial charge in [-0.3, -0.25) is 14.9 Å². The molecular weight excluding hydrogens is 708 g/mol. The Bertz CT molecular complexity index is 1780. The highest BCUT2D eigenvalue weighted by molar-refractivity contribution is 6.26. The topological polar surface area (TPSA) is 184 Å². The number of esters is 1. The number of carbonyl (C=O) groups is 3. The van der Waals surface area contributed by atoms with E-state index in [-0.39, 0.29) is 48.3 Å². The van der Waals surface area contributed by atoms with Gasteiger partial charge in [0.2, 0.25) is 11.3 Å². The number of Topliss-reactive ketones (excluding diaryl/α,β-unsaturated/α-hetero) is 1. The Hall–Kier alpha value is -3.81. The molecular formula is C42H58N2O11. The number of amides is 1. The fourth-order valence-corrected chi connectivity index (χ4v) is 11.2. The second-order valence-corrected chi connectivity index (χ2v) is 17.8. The fourth-order valence-electron chi connectivity index (χ4n) is 11.2. The van der Waals surface area contributed by atoms with Crippen molar-refractivity contribution in [3.63, 3.8) is 0 Å². The van der Waals surface area contributed by atoms with E-state index in [1.165, 1.54) is 14.0 Å². The number of hydrogen-bond donors (Lipinski definition) is 3. The van der Waals surface area contributed by atoms with Gasteiger partial charge in [0.05, 0.1) is 37.8 Å². The summed E-state index contributed by atoms with van der Waals surface area (Å²) in [5.74, 6) is -2.42. The molecule has 6 rings (SSSR count). The third-order valence-corrected chi connectivity index (χ3v) is 14.3. The van der Waals surface area contributed by atoms with Crippen molar-refractivity contribution in [2.24, 2.45) is 46.8 Å². The first-order chi connectivity index (χ1) is 25.7. The number of ether oxygens (including phenoxy) is 4. The number of methoxy groups -OCH3 is 1. The molecule has 2 saturated heterocycles. The summed E-state index contributed by atoms with van der Waals surface area (Å²) < 4.78 is 23.7. The van der Waals surface area contributed by atoms with Crippen molar-refractivity contribution in [2.75, 3.05) is 7.11 Å². The normalized spacial score (nSPS) is 46.4. The minimum Gasteiger partial charge on any atom is -0.511 e. The summed E-state index contributed by atoms with van der Waals surface area (Å²) in [4.78, 5) is 53.3. The average Bonchev–Trinajstić information content (AvgIpc) is 3.35. The van der Waals surface area contributed by atoms with Gasteiger partial charge in [0.15, 0.2) is 11.9 Å². The van der Waals surface area contributed by atoms with Crippen molar-refractivity contribution in [3.05, 3.63) is 68.5 Å². The number of carbonyl (C=O) groups excluding carboxylic acids is 3. The van der Waals surface area contributed by atoms with E-state index in [0.717, 1.165) is 12.0 Å². The van der Waals surface area contributed by atoms with Crippen molar-refractivity contribution >= 4 is 17.8 Å². The Morgan fingerprint density at radius 2 is 1.75 bits per heavy atom. The number of fused-ring (bicyclic) bond motifs is 4. The lowest BCUT2D eigenvalue weighted by Crippen LogP contribution is -2.65. The van der Waals surface area contributed by atoms with Crippen LogP contribution in [0.1, 0.15) is 88.0 Å². The molecule has 4 aliphatic carbocycles. The fraction of sp³-hybridized carbons (Fsp3) is 0.690. The van der Waals surface area contributed by atoms with Crippen LogP contribution in [-0.4, -0.2) is 81.9 Å². The second-order valence-electron chi connectivity index (χ2n) is 17.8. The third-order valence-electron chi connectivity index (χ3n) is 14.3. The van der Waals surface area contributed by atoms with Gasteiger partial charge in [-0.05, 0) is 75.7 Å². The van der Waals surface area contributed by atoms with Gasteiger partial charge in [0.25, 0.3) is 0 Å². The molecule has 55 heavy (non-hydrogen) atoms. The number of nitrogens with one attached hydrogen (secondary N) is 1. The number of hydrogen-bond acceptors (Lipinski definition) is 11. The van der Waals surface area contributed by atoms with Crippen LogP contribution in [0.3, 0.4) is 0 Å². The van der Waals surface area contributed by atoms with Crippen molar-refractivity contribution in [1.82, 2.24) is 5.32 Å². The van der Waals surface area contributed by atoms with Crippen LogP contribution in [0, 0.1) is 57.0 Å². The molecule has 2 bridgehead atoms. The van der Waals surface area contributed by atoms with E-state index in [9.17, 15) is 34.7 Å². The highest BCUT2D eigenvalue weighted by Gasteiger charge is 2.64. The van der Waals surface area contributed by atoms with Gasteiger partial charge in [-0.25, -0.2) is 9.59 Å². The summed E-state index contributed by atoms with van der Waals surface area (Å²) in [6.45, 7) is 17.2. The van der Waals surface area contributed by atoms with Gasteiger partial charge < -0.3 is 34.5 Å². The summed E-state index contributed by atoms with van der Waals surface area (Å²) >= 11 is 0. The van der Waals surface area contributed by atoms with Crippen LogP contribution in [-0.2, 0) is 28.5 Å². The molecule has 2 heterocycles. The molecule has 302 valence electrons. The zero-order chi connectivity index (χ0) is 40.5. The Morgan fingerprint density at radius 3 is 2.40 bits per heavy atom. The standard InChI is InChI=1S/C42H58N2O11/c1-20-15-30(45)29-17-23(4)31(54-32-19-40(8,44(50)51)35(26(7)53-32)43-39(49)52-10)14-11-21(2)28-13-12-27-25(6)22(3)16-24(5)34(27)41(28,9)36(46)33-37(47)42(29,18-20)55-38(33)48/h11-13,15,17,22,24-32,34-35,45-46H,14,16,18-19H2,1-10H3,(H,43,49)/b21-11+,23-17+,36-33?. The Labute approximate surface area is 323 Å². The lowest BCUT2D eigenvalue weighted by atomic mass is 9.48. The summed E-state index contributed by atoms with van der Waals surface area (Å²) in [6.07, 6.45) is 6.02. The number of ketones is 1. The highest BCUT2D eigenvalue weighted by Crippen LogP contribution is 2.61. The smallest absolute Gasteiger partial charge is 0.407 e. The van der Waals surface area contributed by atoms with E-state index in [4.69, 9.17) is 18.9 Å². The van der Waals surface area contributed by atoms with E-state index in [0.29, 0.717) is 23.0 Å². The Balaban J connectivity index is 1.50. The van der Waals surface area contributed by atoms with Crippen LogP contribution in [0.4, 0.5) is 4.79 Å². The number of nitro groups is 1. The zero-order valence-corrected chi connectivity index (χ0v) is 33.7. The molecule has 0 aromatic carbocycles. The lowest BCUT2D eigenvalue weighted by Gasteiger charge is -2.56. The molecule has 3 N–H and O–H groups in total. The van der Waals surface area contributed by atoms with Crippen molar-refractivity contribution in [1.29, 1.82) is 0 Å². The first-order valence-corrected chi connectivity index (χ1v) is 19.6. The number of aliphatic hydroxyl groups is 2. The number of aliphatic hydroxyl groups excluding tert-OH is 2. The Kier molecular flexibility index (Phi) is 10.8. The van der Waals surface area contributed by atoms with Gasteiger partial charge >= 0.3 is 12.1 Å². The van der Waals surface area contributed by atoms with Crippen LogP contribution in [0.25, 0.3) is 0 Å². The largest absolute Gasteiger partial charge is 0.511 e. The maximum atomic E-state index is 14.9. The van der Waals surface area contributed by atoms with E-state index >= 15 is 0 Å². The molecule has 1 amide bonds. The molecule has 1 spiro atoms. The van der Waals surface area contributed by atoms with Gasteiger partial charge in [0, 0.05) is 29.6 Å². The van der Waals surface area contributed by atoms with E-state index in [1.54, 1.807) is 32.9 Å². The van der Waals surface area contributed by atoms with Crippen LogP contribution in [0.5, 0.6) is 0 Å². The minimum atomic E-state index is -1.82. The number of nitrogens with zero attached hydrogens (tertiary/aromatic N) is 1. The van der Waals surface area contributed by atoms with Gasteiger partial charge in [0.1, 0.15) is 17.4 Å². The molecule has 2 aliphatic heterocycles. The average molecular weight is 767 g/mol. The highest BCUT2D eigenvalue weighted by atomic mass is 16.7. The molecule has 0 aromatic heterocycles. The SMILES string of the molecule is COC(=O)NC1C(C)OC(OC2C/C=C(\C)C3C=CC4C(C)C(C)CC(C)C4C3(C)C(O)=C3C(=O)OC4(CC(C)=CC(O)C4/C=C/2C)C3=O)CC1(C)[N+](=O)[O-]. The molecule has 13 heteroatoms. The van der Waals surface area contributed by atoms with Crippen LogP contribution in [0.15, 0.2) is 58.4 Å². The van der Waals surface area contributed by atoms with Crippen LogP contribution >= 0.6 is 0 Å². The van der Waals surface area contributed by atoms with Gasteiger partial charge in [-0.15, -0.1) is 0 Å². The van der Waals surface area contributed by atoms with Crippen molar-refractivity contribution in [2.45, 2.75) is 130 Å². The maximum Gasteiger partial charge on any atom is 0.407 e. The van der Waals surface area contributed by atoms with E-state index in [1.807, 2.05) is 19.9 Å². The minimum absolute atomic E-state index is 0.0265.